The van der Waals surface area contributed by atoms with Crippen LogP contribution in [-0.4, -0.2) is 16.2 Å². The average molecular weight is 464 g/mol. The van der Waals surface area contributed by atoms with E-state index in [0.29, 0.717) is 33.7 Å². The van der Waals surface area contributed by atoms with E-state index in [1.54, 1.807) is 12.1 Å². The van der Waals surface area contributed by atoms with Gasteiger partial charge in [-0.2, -0.15) is 0 Å². The quantitative estimate of drug-likeness (QED) is 0.367. The molecule has 1 unspecified atom stereocenters. The Morgan fingerprint density at radius 2 is 1.97 bits per heavy atom. The fourth-order valence-electron chi connectivity index (χ4n) is 3.30. The minimum atomic E-state index is -0.436. The maximum Gasteiger partial charge on any atom is 0.200 e. The molecule has 0 saturated carbocycles. The smallest absolute Gasteiger partial charge is 0.200 e. The van der Waals surface area contributed by atoms with Crippen molar-refractivity contribution in [1.82, 2.24) is 9.97 Å². The Morgan fingerprint density at radius 3 is 2.70 bits per heavy atom. The highest BCUT2D eigenvalue weighted by Gasteiger charge is 2.22. The molecule has 0 aliphatic rings. The number of fused-ring (bicyclic) bond motifs is 1. The summed E-state index contributed by atoms with van der Waals surface area (Å²) in [5.74, 6) is 1.06. The molecule has 0 radical (unpaired) electrons. The molecule has 4 rings (SSSR count). The summed E-state index contributed by atoms with van der Waals surface area (Å²) in [6, 6.07) is 14.3. The average Bonchev–Trinajstić information content (AvgIpc) is 2.75. The van der Waals surface area contributed by atoms with Gasteiger partial charge in [0.2, 0.25) is 5.43 Å². The second kappa shape index (κ2) is 8.08. The van der Waals surface area contributed by atoms with Gasteiger partial charge in [-0.25, -0.2) is 9.97 Å². The van der Waals surface area contributed by atoms with E-state index in [-0.39, 0.29) is 11.2 Å². The number of anilines is 2. The number of hydrogen-bond donors (Lipinski definition) is 3. The number of halogens is 1. The zero-order valence-electron chi connectivity index (χ0n) is 16.0. The molecule has 2 heterocycles. The van der Waals surface area contributed by atoms with E-state index in [0.717, 1.165) is 16.3 Å². The minimum Gasteiger partial charge on any atom is -0.458 e. The summed E-state index contributed by atoms with van der Waals surface area (Å²) < 4.78 is 7.00. The van der Waals surface area contributed by atoms with E-state index in [4.69, 9.17) is 15.6 Å². The Labute approximate surface area is 180 Å². The number of nitrogens with two attached hydrogens (primary N) is 1. The Hall–Kier alpha value is -3.52. The maximum absolute atomic E-state index is 13.4. The number of aromatic nitrogens is 2. The first kappa shape index (κ1) is 19.8. The molecule has 150 valence electrons. The van der Waals surface area contributed by atoms with Crippen LogP contribution in [-0.2, 0) is 0 Å². The molecule has 2 aromatic carbocycles. The molecule has 0 fully saturated rings. The van der Waals surface area contributed by atoms with Gasteiger partial charge in [-0.05, 0) is 30.7 Å². The van der Waals surface area contributed by atoms with Gasteiger partial charge >= 0.3 is 0 Å². The molecule has 0 amide bonds. The molecule has 1 atom stereocenters. The van der Waals surface area contributed by atoms with Gasteiger partial charge in [0.05, 0.1) is 22.6 Å². The second-order valence-electron chi connectivity index (χ2n) is 6.71. The van der Waals surface area contributed by atoms with Crippen molar-refractivity contribution in [1.29, 1.82) is 5.41 Å². The number of nitrogens with zero attached hydrogens (tertiary/aromatic N) is 2. The third kappa shape index (κ3) is 3.57. The summed E-state index contributed by atoms with van der Waals surface area (Å²) in [5, 5.41) is 11.3. The second-order valence-corrected chi connectivity index (χ2v) is 7.62. The Morgan fingerprint density at radius 1 is 1.20 bits per heavy atom. The summed E-state index contributed by atoms with van der Waals surface area (Å²) in [5.41, 5.74) is 7.82. The van der Waals surface area contributed by atoms with Crippen molar-refractivity contribution >= 4 is 44.7 Å². The molecule has 0 aliphatic carbocycles. The Balaban J connectivity index is 1.91. The van der Waals surface area contributed by atoms with Crippen molar-refractivity contribution in [3.8, 4) is 11.1 Å². The van der Waals surface area contributed by atoms with Crippen molar-refractivity contribution in [3.63, 3.8) is 0 Å². The van der Waals surface area contributed by atoms with E-state index in [1.807, 2.05) is 43.3 Å². The van der Waals surface area contributed by atoms with E-state index in [9.17, 15) is 4.79 Å². The predicted octanol–water partition coefficient (Wildman–Crippen LogP) is 4.77. The molecule has 8 heteroatoms. The van der Waals surface area contributed by atoms with Crippen LogP contribution in [0, 0.1) is 5.41 Å². The predicted molar refractivity (Wildman–Crippen MR) is 122 cm³/mol. The first-order chi connectivity index (χ1) is 14.5. The van der Waals surface area contributed by atoms with Crippen molar-refractivity contribution in [2.24, 2.45) is 0 Å². The highest BCUT2D eigenvalue weighted by molar-refractivity contribution is 9.10. The van der Waals surface area contributed by atoms with Crippen molar-refractivity contribution in [3.05, 3.63) is 80.9 Å². The summed E-state index contributed by atoms with van der Waals surface area (Å²) in [6.07, 6.45) is 2.42. The Bertz CT molecular complexity index is 1300. The molecular formula is C22H18BrN5O2. The number of nitrogen functional groups attached to an aromatic ring is 1. The molecule has 4 N–H and O–H groups in total. The molecule has 0 spiro atoms. The molecule has 0 aliphatic heterocycles. The zero-order valence-corrected chi connectivity index (χ0v) is 17.6. The van der Waals surface area contributed by atoms with Crippen LogP contribution in [0.3, 0.4) is 0 Å². The summed E-state index contributed by atoms with van der Waals surface area (Å²) >= 11 is 3.42. The van der Waals surface area contributed by atoms with Crippen molar-refractivity contribution in [2.45, 2.75) is 13.0 Å². The molecule has 7 nitrogen and oxygen atoms in total. The van der Waals surface area contributed by atoms with Crippen LogP contribution in [0.25, 0.3) is 22.1 Å². The molecule has 2 aromatic heterocycles. The third-order valence-corrected chi connectivity index (χ3v) is 5.24. The van der Waals surface area contributed by atoms with Gasteiger partial charge in [0.15, 0.2) is 0 Å². The lowest BCUT2D eigenvalue weighted by Crippen LogP contribution is -2.17. The van der Waals surface area contributed by atoms with Gasteiger partial charge in [-0.3, -0.25) is 4.79 Å². The number of nitrogens with one attached hydrogen (secondary N) is 2. The summed E-state index contributed by atoms with van der Waals surface area (Å²) in [4.78, 5) is 21.6. The standard InChI is InChI=1S/C22H18BrN5O2/c1-12(28-22-16(10-24)21(25)26-11-27-22)20-18(13-5-3-2-4-6-13)19(29)15-9-14(23)7-8-17(15)30-20/h2-12,24H,1H3,(H3,25,26,27,28). The van der Waals surface area contributed by atoms with Gasteiger partial charge in [-0.1, -0.05) is 46.3 Å². The summed E-state index contributed by atoms with van der Waals surface area (Å²) in [6.45, 7) is 1.86. The molecule has 0 saturated heterocycles. The highest BCUT2D eigenvalue weighted by Crippen LogP contribution is 2.32. The zero-order chi connectivity index (χ0) is 21.3. The van der Waals surface area contributed by atoms with Crippen LogP contribution >= 0.6 is 15.9 Å². The van der Waals surface area contributed by atoms with Gasteiger partial charge < -0.3 is 20.9 Å². The van der Waals surface area contributed by atoms with Crippen LogP contribution < -0.4 is 16.5 Å². The fourth-order valence-corrected chi connectivity index (χ4v) is 3.67. The normalized spacial score (nSPS) is 11.9. The highest BCUT2D eigenvalue weighted by atomic mass is 79.9. The Kier molecular flexibility index (Phi) is 5.33. The SMILES string of the molecule is CC(Nc1ncnc(N)c1C=N)c1oc2ccc(Br)cc2c(=O)c1-c1ccccc1. The first-order valence-electron chi connectivity index (χ1n) is 9.18. The fraction of sp³-hybridized carbons (Fsp3) is 0.0909. The number of hydrogen-bond acceptors (Lipinski definition) is 7. The van der Waals surface area contributed by atoms with Gasteiger partial charge in [0.1, 0.15) is 29.3 Å². The molecule has 4 aromatic rings. The van der Waals surface area contributed by atoms with E-state index in [2.05, 4.69) is 31.2 Å². The number of rotatable bonds is 5. The van der Waals surface area contributed by atoms with Crippen LogP contribution in [0.4, 0.5) is 11.6 Å². The lowest BCUT2D eigenvalue weighted by molar-refractivity contribution is 0.515. The van der Waals surface area contributed by atoms with E-state index < -0.39 is 6.04 Å². The maximum atomic E-state index is 13.4. The summed E-state index contributed by atoms with van der Waals surface area (Å²) in [7, 11) is 0. The van der Waals surface area contributed by atoms with E-state index in [1.165, 1.54) is 6.33 Å². The topological polar surface area (TPSA) is 118 Å². The lowest BCUT2D eigenvalue weighted by Gasteiger charge is -2.19. The number of benzene rings is 2. The molecular weight excluding hydrogens is 446 g/mol. The third-order valence-electron chi connectivity index (χ3n) is 4.75. The van der Waals surface area contributed by atoms with E-state index >= 15 is 0 Å². The van der Waals surface area contributed by atoms with Gasteiger partial charge in [0, 0.05) is 10.7 Å². The van der Waals surface area contributed by atoms with Crippen LogP contribution in [0.15, 0.2) is 68.5 Å². The van der Waals surface area contributed by atoms with Gasteiger partial charge in [0.25, 0.3) is 0 Å². The molecule has 30 heavy (non-hydrogen) atoms. The van der Waals surface area contributed by atoms with Crippen molar-refractivity contribution in [2.75, 3.05) is 11.1 Å². The largest absolute Gasteiger partial charge is 0.458 e. The minimum absolute atomic E-state index is 0.123. The monoisotopic (exact) mass is 463 g/mol. The van der Waals surface area contributed by atoms with Gasteiger partial charge in [-0.15, -0.1) is 0 Å². The van der Waals surface area contributed by atoms with Crippen LogP contribution in [0.2, 0.25) is 0 Å². The van der Waals surface area contributed by atoms with Crippen molar-refractivity contribution < 1.29 is 4.42 Å². The molecule has 0 bridgehead atoms. The van der Waals surface area contributed by atoms with Crippen LogP contribution in [0.5, 0.6) is 0 Å². The first-order valence-corrected chi connectivity index (χ1v) is 9.98. The lowest BCUT2D eigenvalue weighted by atomic mass is 9.99. The van der Waals surface area contributed by atoms with Crippen LogP contribution in [0.1, 0.15) is 24.3 Å².